The van der Waals surface area contributed by atoms with Gasteiger partial charge >= 0.3 is 11.7 Å². The maximum Gasteiger partial charge on any atom is 0.336 e. The Labute approximate surface area is 243 Å². The lowest BCUT2D eigenvalue weighted by molar-refractivity contribution is -0.139. The van der Waals surface area contributed by atoms with Crippen LogP contribution in [0.3, 0.4) is 0 Å². The van der Waals surface area contributed by atoms with Crippen LogP contribution in [0.5, 0.6) is 0 Å². The van der Waals surface area contributed by atoms with E-state index < -0.39 is 29.2 Å². The van der Waals surface area contributed by atoms with Crippen molar-refractivity contribution in [3.05, 3.63) is 139 Å². The van der Waals surface area contributed by atoms with Gasteiger partial charge in [0.2, 0.25) is 0 Å². The molecule has 3 aromatic carbocycles. The van der Waals surface area contributed by atoms with Crippen molar-refractivity contribution in [2.24, 2.45) is 0 Å². The molecular formula is C30H22Cl2N4O5. The minimum absolute atomic E-state index is 0.0118. The maximum absolute atomic E-state index is 13.6. The van der Waals surface area contributed by atoms with E-state index in [0.717, 1.165) is 10.1 Å². The number of nitrogens with one attached hydrogen (secondary N) is 1. The number of carboxylic acid groups (broad SMARTS) is 1. The molecule has 0 fully saturated rings. The molecule has 0 spiro atoms. The van der Waals surface area contributed by atoms with Crippen LogP contribution in [0.1, 0.15) is 21.5 Å². The Hall–Kier alpha value is -4.73. The van der Waals surface area contributed by atoms with Gasteiger partial charge in [0.15, 0.2) is 0 Å². The highest BCUT2D eigenvalue weighted by Crippen LogP contribution is 2.23. The number of hydrogen-bond donors (Lipinski definition) is 2. The first-order valence-corrected chi connectivity index (χ1v) is 13.2. The molecular weight excluding hydrogens is 567 g/mol. The van der Waals surface area contributed by atoms with Crippen LogP contribution in [0.25, 0.3) is 16.6 Å². The van der Waals surface area contributed by atoms with Crippen molar-refractivity contribution in [1.82, 2.24) is 19.4 Å². The predicted molar refractivity (Wildman–Crippen MR) is 156 cm³/mol. The van der Waals surface area contributed by atoms with Crippen molar-refractivity contribution in [1.29, 1.82) is 0 Å². The van der Waals surface area contributed by atoms with Crippen LogP contribution in [0.4, 0.5) is 0 Å². The second kappa shape index (κ2) is 11.8. The Morgan fingerprint density at radius 3 is 2.15 bits per heavy atom. The number of benzene rings is 3. The summed E-state index contributed by atoms with van der Waals surface area (Å²) in [6.45, 7) is 0.268. The zero-order valence-corrected chi connectivity index (χ0v) is 22.8. The number of carbonyl (C=O) groups excluding carboxylic acids is 1. The maximum atomic E-state index is 13.6. The predicted octanol–water partition coefficient (Wildman–Crippen LogP) is 4.33. The molecule has 0 aliphatic heterocycles. The van der Waals surface area contributed by atoms with E-state index in [0.29, 0.717) is 22.2 Å². The molecule has 0 bridgehead atoms. The topological polar surface area (TPSA) is 123 Å². The summed E-state index contributed by atoms with van der Waals surface area (Å²) in [5, 5.41) is 12.5. The molecule has 1 atom stereocenters. The first-order valence-electron chi connectivity index (χ1n) is 12.4. The summed E-state index contributed by atoms with van der Waals surface area (Å²) in [6, 6.07) is 21.4. The molecule has 0 saturated carbocycles. The van der Waals surface area contributed by atoms with Gasteiger partial charge in [0, 0.05) is 18.8 Å². The molecule has 0 radical (unpaired) electrons. The van der Waals surface area contributed by atoms with Crippen molar-refractivity contribution in [2.45, 2.75) is 19.0 Å². The van der Waals surface area contributed by atoms with Crippen LogP contribution >= 0.6 is 23.2 Å². The fourth-order valence-corrected chi connectivity index (χ4v) is 5.08. The van der Waals surface area contributed by atoms with Gasteiger partial charge < -0.3 is 10.4 Å². The van der Waals surface area contributed by atoms with Crippen LogP contribution in [0, 0.1) is 0 Å². The molecule has 9 nitrogen and oxygen atoms in total. The number of aliphatic carboxylic acids is 1. The largest absolute Gasteiger partial charge is 0.480 e. The van der Waals surface area contributed by atoms with Crippen LogP contribution in [0.2, 0.25) is 10.0 Å². The van der Waals surface area contributed by atoms with Crippen LogP contribution in [-0.2, 0) is 17.8 Å². The summed E-state index contributed by atoms with van der Waals surface area (Å²) in [6.07, 6.45) is 2.39. The number of aromatic nitrogens is 3. The SMILES string of the molecule is O=C(N[C@@H](Cc1ccc(-n2c(=O)c3ccccc3n(Cc3ccccc3)c2=O)cc1)C(=O)O)c1c(Cl)cncc1Cl. The van der Waals surface area contributed by atoms with Gasteiger partial charge in [-0.15, -0.1) is 0 Å². The smallest absolute Gasteiger partial charge is 0.336 e. The Morgan fingerprint density at radius 2 is 1.49 bits per heavy atom. The van der Waals surface area contributed by atoms with E-state index in [-0.39, 0.29) is 28.6 Å². The van der Waals surface area contributed by atoms with Gasteiger partial charge in [-0.3, -0.25) is 19.1 Å². The van der Waals surface area contributed by atoms with Gasteiger partial charge in [0.1, 0.15) is 6.04 Å². The minimum atomic E-state index is -1.31. The zero-order valence-electron chi connectivity index (χ0n) is 21.3. The highest BCUT2D eigenvalue weighted by Gasteiger charge is 2.24. The quantitative estimate of drug-likeness (QED) is 0.278. The second-order valence-electron chi connectivity index (χ2n) is 9.23. The Balaban J connectivity index is 1.46. The summed E-state index contributed by atoms with van der Waals surface area (Å²) in [4.78, 5) is 55.5. The lowest BCUT2D eigenvalue weighted by Crippen LogP contribution is -2.42. The van der Waals surface area contributed by atoms with Gasteiger partial charge in [-0.2, -0.15) is 0 Å². The number of carbonyl (C=O) groups is 2. The Morgan fingerprint density at radius 1 is 0.854 bits per heavy atom. The summed E-state index contributed by atoms with van der Waals surface area (Å²) in [5.74, 6) is -2.02. The van der Waals surface area contributed by atoms with Crippen molar-refractivity contribution in [3.8, 4) is 5.69 Å². The standard InChI is InChI=1S/C30H22Cl2N4O5/c31-22-15-33-16-23(32)26(22)27(37)34-24(29(39)40)14-18-10-12-20(13-11-18)36-28(38)21-8-4-5-9-25(21)35(30(36)41)17-19-6-2-1-3-7-19/h1-13,15-16,24H,14,17H2,(H,34,37)(H,39,40)/t24-/m0/s1. The normalized spacial score (nSPS) is 11.8. The molecule has 2 heterocycles. The molecule has 0 aliphatic carbocycles. The lowest BCUT2D eigenvalue weighted by atomic mass is 10.0. The van der Waals surface area contributed by atoms with E-state index in [9.17, 15) is 24.3 Å². The average Bonchev–Trinajstić information content (AvgIpc) is 2.96. The molecule has 2 N–H and O–H groups in total. The monoisotopic (exact) mass is 588 g/mol. The summed E-state index contributed by atoms with van der Waals surface area (Å²) in [5.41, 5.74) is 1.24. The van der Waals surface area contributed by atoms with Crippen LogP contribution in [0.15, 0.2) is 101 Å². The number of amides is 1. The summed E-state index contributed by atoms with van der Waals surface area (Å²) < 4.78 is 2.64. The van der Waals surface area contributed by atoms with E-state index >= 15 is 0 Å². The third-order valence-electron chi connectivity index (χ3n) is 6.55. The number of fused-ring (bicyclic) bond motifs is 1. The summed E-state index contributed by atoms with van der Waals surface area (Å²) >= 11 is 12.1. The minimum Gasteiger partial charge on any atom is -0.480 e. The van der Waals surface area contributed by atoms with Crippen molar-refractivity contribution < 1.29 is 14.7 Å². The number of carboxylic acids is 1. The molecule has 1 amide bonds. The van der Waals surface area contributed by atoms with E-state index in [1.54, 1.807) is 53.1 Å². The molecule has 11 heteroatoms. The van der Waals surface area contributed by atoms with E-state index in [1.165, 1.54) is 12.4 Å². The molecule has 2 aromatic heterocycles. The molecule has 206 valence electrons. The number of para-hydroxylation sites is 1. The molecule has 5 rings (SSSR count). The van der Waals surface area contributed by atoms with Gasteiger partial charge in [-0.1, -0.05) is 77.8 Å². The third kappa shape index (κ3) is 5.77. The first kappa shape index (κ1) is 27.8. The lowest BCUT2D eigenvalue weighted by Gasteiger charge is -2.17. The molecule has 41 heavy (non-hydrogen) atoms. The van der Waals surface area contributed by atoms with Crippen LogP contribution in [-0.4, -0.2) is 37.1 Å². The van der Waals surface area contributed by atoms with Gasteiger partial charge in [-0.05, 0) is 35.4 Å². The second-order valence-corrected chi connectivity index (χ2v) is 10.0. The number of pyridine rings is 1. The van der Waals surface area contributed by atoms with Crippen LogP contribution < -0.4 is 16.6 Å². The molecule has 0 aliphatic rings. The first-order chi connectivity index (χ1) is 19.7. The molecule has 0 saturated heterocycles. The van der Waals surface area contributed by atoms with Crippen molar-refractivity contribution >= 4 is 46.0 Å². The number of nitrogens with zero attached hydrogens (tertiary/aromatic N) is 3. The van der Waals surface area contributed by atoms with Gasteiger partial charge in [-0.25, -0.2) is 14.2 Å². The van der Waals surface area contributed by atoms with Crippen molar-refractivity contribution in [3.63, 3.8) is 0 Å². The average molecular weight is 589 g/mol. The Bertz CT molecular complexity index is 1870. The zero-order chi connectivity index (χ0) is 29.1. The van der Waals surface area contributed by atoms with Gasteiger partial charge in [0.25, 0.3) is 11.5 Å². The fourth-order valence-electron chi connectivity index (χ4n) is 4.54. The highest BCUT2D eigenvalue weighted by molar-refractivity contribution is 6.39. The number of halogens is 2. The molecule has 0 unspecified atom stereocenters. The van der Waals surface area contributed by atoms with E-state index in [1.807, 2.05) is 30.3 Å². The van der Waals surface area contributed by atoms with E-state index in [4.69, 9.17) is 23.2 Å². The fraction of sp³-hybridized carbons (Fsp3) is 0.100. The van der Waals surface area contributed by atoms with E-state index in [2.05, 4.69) is 10.3 Å². The highest BCUT2D eigenvalue weighted by atomic mass is 35.5. The van der Waals surface area contributed by atoms with Gasteiger partial charge in [0.05, 0.1) is 38.7 Å². The third-order valence-corrected chi connectivity index (χ3v) is 7.13. The molecule has 5 aromatic rings. The Kier molecular flexibility index (Phi) is 8.00. The number of rotatable bonds is 8. The number of hydrogen-bond acceptors (Lipinski definition) is 5. The van der Waals surface area contributed by atoms with Crippen molar-refractivity contribution in [2.75, 3.05) is 0 Å². The summed E-state index contributed by atoms with van der Waals surface area (Å²) in [7, 11) is 0.